The summed E-state index contributed by atoms with van der Waals surface area (Å²) in [5, 5.41) is 9.60. The predicted molar refractivity (Wildman–Crippen MR) is 42.9 cm³/mol. The van der Waals surface area contributed by atoms with Crippen molar-refractivity contribution in [2.24, 2.45) is 23.7 Å². The molecule has 0 unspecified atom stereocenters. The summed E-state index contributed by atoms with van der Waals surface area (Å²) in [6.07, 6.45) is 9.94. The van der Waals surface area contributed by atoms with E-state index in [0.717, 1.165) is 5.92 Å². The van der Waals surface area contributed by atoms with Crippen molar-refractivity contribution in [3.63, 3.8) is 0 Å². The van der Waals surface area contributed by atoms with Crippen LogP contribution < -0.4 is 0 Å². The summed E-state index contributed by atoms with van der Waals surface area (Å²) < 4.78 is 0. The molecule has 1 N–H and O–H groups in total. The highest BCUT2D eigenvalue weighted by Gasteiger charge is 2.48. The number of aliphatic hydroxyl groups excluding tert-OH is 1. The first-order valence-corrected chi connectivity index (χ1v) is 4.41. The van der Waals surface area contributed by atoms with E-state index in [1.807, 2.05) is 6.08 Å². The number of rotatable bonds is 0. The highest BCUT2D eigenvalue weighted by Crippen LogP contribution is 2.52. The van der Waals surface area contributed by atoms with Gasteiger partial charge in [0.15, 0.2) is 0 Å². The average molecular weight is 148 g/mol. The lowest BCUT2D eigenvalue weighted by Crippen LogP contribution is -2.23. The lowest BCUT2D eigenvalue weighted by atomic mass is 9.84. The molecule has 0 aromatic rings. The molecule has 5 atom stereocenters. The van der Waals surface area contributed by atoms with Gasteiger partial charge >= 0.3 is 0 Å². The molecule has 1 saturated carbocycles. The second-order valence-electron chi connectivity index (χ2n) is 3.98. The summed E-state index contributed by atoms with van der Waals surface area (Å²) in [5.41, 5.74) is 0. The number of allylic oxidation sites excluding steroid dienone is 3. The molecular weight excluding hydrogens is 136 g/mol. The van der Waals surface area contributed by atoms with Crippen LogP contribution in [0.2, 0.25) is 0 Å². The highest BCUT2D eigenvalue weighted by molar-refractivity contribution is 5.24. The molecule has 0 aromatic carbocycles. The van der Waals surface area contributed by atoms with E-state index >= 15 is 0 Å². The first-order valence-electron chi connectivity index (χ1n) is 4.41. The van der Waals surface area contributed by atoms with Gasteiger partial charge in [-0.25, -0.2) is 0 Å². The van der Waals surface area contributed by atoms with Gasteiger partial charge in [0.1, 0.15) is 0 Å². The molecule has 0 amide bonds. The number of hydrogen-bond acceptors (Lipinski definition) is 1. The second-order valence-corrected chi connectivity index (χ2v) is 3.98. The normalized spacial score (nSPS) is 57.4. The Kier molecular flexibility index (Phi) is 0.972. The van der Waals surface area contributed by atoms with Crippen LogP contribution in [0.15, 0.2) is 24.3 Å². The second kappa shape index (κ2) is 1.78. The van der Waals surface area contributed by atoms with Crippen molar-refractivity contribution in [1.29, 1.82) is 0 Å². The van der Waals surface area contributed by atoms with Crippen molar-refractivity contribution in [3.8, 4) is 0 Å². The molecule has 0 heterocycles. The lowest BCUT2D eigenvalue weighted by molar-refractivity contribution is 0.132. The third-order valence-corrected chi connectivity index (χ3v) is 3.51. The fourth-order valence-corrected chi connectivity index (χ4v) is 3.02. The van der Waals surface area contributed by atoms with Crippen LogP contribution in [-0.2, 0) is 0 Å². The quantitative estimate of drug-likeness (QED) is 0.514. The molecule has 0 radical (unpaired) electrons. The topological polar surface area (TPSA) is 20.2 Å². The number of aliphatic hydroxyl groups is 1. The van der Waals surface area contributed by atoms with E-state index < -0.39 is 0 Å². The Morgan fingerprint density at radius 1 is 1.00 bits per heavy atom. The van der Waals surface area contributed by atoms with Crippen LogP contribution in [0.1, 0.15) is 6.42 Å². The van der Waals surface area contributed by atoms with Crippen LogP contribution >= 0.6 is 0 Å². The molecule has 1 nitrogen and oxygen atoms in total. The van der Waals surface area contributed by atoms with Crippen molar-refractivity contribution in [1.82, 2.24) is 0 Å². The van der Waals surface area contributed by atoms with E-state index in [-0.39, 0.29) is 6.10 Å². The van der Waals surface area contributed by atoms with Gasteiger partial charge in [-0.2, -0.15) is 0 Å². The summed E-state index contributed by atoms with van der Waals surface area (Å²) in [6.45, 7) is 0. The molecule has 58 valence electrons. The summed E-state index contributed by atoms with van der Waals surface area (Å²) in [4.78, 5) is 0. The molecule has 3 aliphatic rings. The summed E-state index contributed by atoms with van der Waals surface area (Å²) >= 11 is 0. The number of hydrogen-bond donors (Lipinski definition) is 1. The fourth-order valence-electron chi connectivity index (χ4n) is 3.02. The molecular formula is C10H12O. The maximum absolute atomic E-state index is 9.60. The molecule has 3 rings (SSSR count). The first-order chi connectivity index (χ1) is 5.36. The highest BCUT2D eigenvalue weighted by atomic mass is 16.3. The monoisotopic (exact) mass is 148 g/mol. The lowest BCUT2D eigenvalue weighted by Gasteiger charge is -2.22. The Morgan fingerprint density at radius 2 is 1.82 bits per heavy atom. The van der Waals surface area contributed by atoms with Gasteiger partial charge in [0.25, 0.3) is 0 Å². The minimum atomic E-state index is -0.153. The van der Waals surface area contributed by atoms with E-state index in [1.54, 1.807) is 0 Å². The van der Waals surface area contributed by atoms with Gasteiger partial charge in [-0.15, -0.1) is 0 Å². The zero-order chi connectivity index (χ0) is 7.42. The van der Waals surface area contributed by atoms with Gasteiger partial charge in [-0.05, 0) is 24.2 Å². The minimum absolute atomic E-state index is 0.153. The zero-order valence-electron chi connectivity index (χ0n) is 6.35. The SMILES string of the molecule is O[C@H]1C=C[C@H]2[C@@H]1[C@@H]1C=C[C@H]2C1. The van der Waals surface area contributed by atoms with Crippen molar-refractivity contribution < 1.29 is 5.11 Å². The average Bonchev–Trinajstić information content (AvgIpc) is 2.60. The Balaban J connectivity index is 2.02. The van der Waals surface area contributed by atoms with Crippen LogP contribution in [0.25, 0.3) is 0 Å². The van der Waals surface area contributed by atoms with E-state index in [9.17, 15) is 5.11 Å². The molecule has 0 aliphatic heterocycles. The summed E-state index contributed by atoms with van der Waals surface area (Å²) in [5.74, 6) is 2.62. The van der Waals surface area contributed by atoms with Crippen LogP contribution in [-0.4, -0.2) is 11.2 Å². The van der Waals surface area contributed by atoms with Gasteiger partial charge in [0, 0.05) is 5.92 Å². The molecule has 11 heavy (non-hydrogen) atoms. The van der Waals surface area contributed by atoms with E-state index in [1.165, 1.54) is 6.42 Å². The van der Waals surface area contributed by atoms with Gasteiger partial charge < -0.3 is 5.11 Å². The number of fused-ring (bicyclic) bond motifs is 5. The standard InChI is InChI=1S/C10H12O/c11-9-4-3-8-6-1-2-7(5-6)10(8)9/h1-4,6-11H,5H2/t6-,7+,8+,9-,10-/m0/s1. The maximum atomic E-state index is 9.60. The van der Waals surface area contributed by atoms with Crippen LogP contribution in [0.4, 0.5) is 0 Å². The Labute approximate surface area is 66.4 Å². The van der Waals surface area contributed by atoms with Crippen molar-refractivity contribution in [2.75, 3.05) is 0 Å². The molecule has 2 bridgehead atoms. The van der Waals surface area contributed by atoms with Gasteiger partial charge in [-0.1, -0.05) is 24.3 Å². The largest absolute Gasteiger partial charge is 0.389 e. The Bertz CT molecular complexity index is 241. The molecule has 1 heteroatoms. The third-order valence-electron chi connectivity index (χ3n) is 3.51. The first kappa shape index (κ1) is 6.01. The van der Waals surface area contributed by atoms with Gasteiger partial charge in [-0.3, -0.25) is 0 Å². The molecule has 3 aliphatic carbocycles. The molecule has 0 spiro atoms. The van der Waals surface area contributed by atoms with Crippen LogP contribution in [0, 0.1) is 23.7 Å². The van der Waals surface area contributed by atoms with Crippen molar-refractivity contribution in [2.45, 2.75) is 12.5 Å². The predicted octanol–water partition coefficient (Wildman–Crippen LogP) is 1.36. The maximum Gasteiger partial charge on any atom is 0.0760 e. The minimum Gasteiger partial charge on any atom is -0.389 e. The van der Waals surface area contributed by atoms with Gasteiger partial charge in [0.05, 0.1) is 6.10 Å². The summed E-state index contributed by atoms with van der Waals surface area (Å²) in [7, 11) is 0. The van der Waals surface area contributed by atoms with Crippen LogP contribution in [0.5, 0.6) is 0 Å². The van der Waals surface area contributed by atoms with E-state index in [0.29, 0.717) is 17.8 Å². The van der Waals surface area contributed by atoms with E-state index in [4.69, 9.17) is 0 Å². The van der Waals surface area contributed by atoms with Crippen molar-refractivity contribution >= 4 is 0 Å². The van der Waals surface area contributed by atoms with Gasteiger partial charge in [0.2, 0.25) is 0 Å². The zero-order valence-corrected chi connectivity index (χ0v) is 6.35. The Hall–Kier alpha value is -0.560. The smallest absolute Gasteiger partial charge is 0.0760 e. The van der Waals surface area contributed by atoms with Crippen molar-refractivity contribution in [3.05, 3.63) is 24.3 Å². The molecule has 0 saturated heterocycles. The third kappa shape index (κ3) is 0.603. The van der Waals surface area contributed by atoms with E-state index in [2.05, 4.69) is 18.2 Å². The fraction of sp³-hybridized carbons (Fsp3) is 0.600. The summed E-state index contributed by atoms with van der Waals surface area (Å²) in [6, 6.07) is 0. The Morgan fingerprint density at radius 3 is 2.64 bits per heavy atom. The molecule has 1 fully saturated rings. The molecule has 0 aromatic heterocycles. The van der Waals surface area contributed by atoms with Crippen LogP contribution in [0.3, 0.4) is 0 Å².